The second-order valence-corrected chi connectivity index (χ2v) is 8.56. The molecule has 3 rings (SSSR count). The second kappa shape index (κ2) is 10.5. The molecule has 2 aromatic carbocycles. The zero-order valence-electron chi connectivity index (χ0n) is 16.1. The third-order valence-electron chi connectivity index (χ3n) is 4.31. The quantitative estimate of drug-likeness (QED) is 0.410. The maximum absolute atomic E-state index is 13.3. The summed E-state index contributed by atoms with van der Waals surface area (Å²) >= 11 is 12.8. The van der Waals surface area contributed by atoms with Crippen LogP contribution in [-0.2, 0) is 9.59 Å². The molecule has 0 radical (unpaired) electrons. The molecule has 1 fully saturated rings. The fraction of sp³-hybridized carbons (Fsp3) is 0.211. The molecule has 1 heterocycles. The van der Waals surface area contributed by atoms with Gasteiger partial charge in [-0.2, -0.15) is 0 Å². The predicted octanol–water partition coefficient (Wildman–Crippen LogP) is 2.03. The molecule has 1 saturated heterocycles. The van der Waals surface area contributed by atoms with Crippen molar-refractivity contribution < 1.29 is 23.2 Å². The van der Waals surface area contributed by atoms with Crippen molar-refractivity contribution in [1.29, 1.82) is 0 Å². The van der Waals surface area contributed by atoms with Gasteiger partial charge in [-0.1, -0.05) is 23.2 Å². The summed E-state index contributed by atoms with van der Waals surface area (Å²) in [5.41, 5.74) is 5.53. The average molecular weight is 504 g/mol. The van der Waals surface area contributed by atoms with Crippen molar-refractivity contribution in [3.63, 3.8) is 0 Å². The van der Waals surface area contributed by atoms with Gasteiger partial charge in [0.05, 0.1) is 22.0 Å². The molecule has 3 amide bonds. The van der Waals surface area contributed by atoms with Crippen molar-refractivity contribution in [1.82, 2.24) is 16.0 Å². The van der Waals surface area contributed by atoms with Crippen molar-refractivity contribution in [2.75, 3.05) is 11.1 Å². The first-order valence-electron chi connectivity index (χ1n) is 9.08. The molecule has 1 aliphatic heterocycles. The van der Waals surface area contributed by atoms with Crippen molar-refractivity contribution in [2.24, 2.45) is 5.73 Å². The number of benzene rings is 2. The molecule has 0 aromatic heterocycles. The summed E-state index contributed by atoms with van der Waals surface area (Å²) in [5.74, 6) is -4.08. The molecule has 32 heavy (non-hydrogen) atoms. The van der Waals surface area contributed by atoms with E-state index in [0.29, 0.717) is 15.7 Å². The van der Waals surface area contributed by atoms with E-state index in [1.54, 1.807) is 12.1 Å². The molecule has 6 N–H and O–H groups in total. The second-order valence-electron chi connectivity index (χ2n) is 6.65. The first-order chi connectivity index (χ1) is 15.1. The van der Waals surface area contributed by atoms with E-state index in [0.717, 1.165) is 30.0 Å². The van der Waals surface area contributed by atoms with Crippen LogP contribution in [0.4, 0.5) is 14.5 Å². The van der Waals surface area contributed by atoms with Gasteiger partial charge in [-0.3, -0.25) is 19.7 Å². The number of nitrogens with one attached hydrogen (secondary N) is 4. The highest BCUT2D eigenvalue weighted by Gasteiger charge is 2.35. The lowest BCUT2D eigenvalue weighted by Crippen LogP contribution is -2.70. The topological polar surface area (TPSA) is 125 Å². The van der Waals surface area contributed by atoms with Crippen molar-refractivity contribution in [3.8, 4) is 0 Å². The minimum atomic E-state index is -1.19. The van der Waals surface area contributed by atoms with Crippen LogP contribution in [0.15, 0.2) is 36.4 Å². The van der Waals surface area contributed by atoms with Crippen molar-refractivity contribution >= 4 is 58.4 Å². The summed E-state index contributed by atoms with van der Waals surface area (Å²) < 4.78 is 26.4. The Bertz CT molecular complexity index is 1060. The van der Waals surface area contributed by atoms with Crippen LogP contribution in [0.2, 0.25) is 10.0 Å². The van der Waals surface area contributed by atoms with Gasteiger partial charge >= 0.3 is 0 Å². The highest BCUT2D eigenvalue weighted by atomic mass is 35.5. The Morgan fingerprint density at radius 2 is 1.84 bits per heavy atom. The lowest BCUT2D eigenvalue weighted by molar-refractivity contribution is -0.125. The summed E-state index contributed by atoms with van der Waals surface area (Å²) in [4.78, 5) is 36.8. The van der Waals surface area contributed by atoms with Gasteiger partial charge in [0.2, 0.25) is 11.8 Å². The van der Waals surface area contributed by atoms with Gasteiger partial charge in [0, 0.05) is 11.3 Å². The number of hydrogen-bond acceptors (Lipinski definition) is 6. The molecule has 13 heteroatoms. The molecule has 0 bridgehead atoms. The Morgan fingerprint density at radius 3 is 2.50 bits per heavy atom. The maximum atomic E-state index is 13.3. The molecular weight excluding hydrogens is 487 g/mol. The smallest absolute Gasteiger partial charge is 0.252 e. The summed E-state index contributed by atoms with van der Waals surface area (Å²) in [7, 11) is 0. The summed E-state index contributed by atoms with van der Waals surface area (Å²) in [5, 5.41) is 11.1. The van der Waals surface area contributed by atoms with E-state index >= 15 is 0 Å². The first kappa shape index (κ1) is 24.2. The highest BCUT2D eigenvalue weighted by Crippen LogP contribution is 2.25. The van der Waals surface area contributed by atoms with Crippen molar-refractivity contribution in [3.05, 3.63) is 63.6 Å². The van der Waals surface area contributed by atoms with Crippen LogP contribution in [0.3, 0.4) is 0 Å². The number of thioether (sulfide) groups is 1. The normalized spacial score (nSPS) is 20.4. The third kappa shape index (κ3) is 6.08. The molecule has 170 valence electrons. The Kier molecular flexibility index (Phi) is 7.91. The molecule has 0 aliphatic carbocycles. The van der Waals surface area contributed by atoms with Crippen molar-refractivity contribution in [2.45, 2.75) is 17.7 Å². The lowest BCUT2D eigenvalue weighted by atomic mass is 10.1. The number of carbonyl (C=O) groups excluding carboxylic acids is 3. The number of anilines is 1. The Morgan fingerprint density at radius 1 is 1.09 bits per heavy atom. The zero-order chi connectivity index (χ0) is 23.4. The Hall–Kier alpha value is -2.44. The van der Waals surface area contributed by atoms with Crippen LogP contribution in [0, 0.1) is 11.6 Å². The molecule has 0 spiro atoms. The van der Waals surface area contributed by atoms with Crippen LogP contribution in [0.1, 0.15) is 10.4 Å². The molecule has 0 saturated carbocycles. The summed E-state index contributed by atoms with van der Waals surface area (Å²) in [6, 6.07) is 6.07. The van der Waals surface area contributed by atoms with Gasteiger partial charge in [0.25, 0.3) is 5.91 Å². The summed E-state index contributed by atoms with van der Waals surface area (Å²) in [6.07, 6.45) is -0.992. The minimum Gasteiger partial charge on any atom is -0.338 e. The number of halogens is 4. The van der Waals surface area contributed by atoms with Crippen LogP contribution in [0.25, 0.3) is 0 Å². The summed E-state index contributed by atoms with van der Waals surface area (Å²) in [6.45, 7) is 0. The fourth-order valence-corrected chi connectivity index (χ4v) is 3.87. The number of rotatable bonds is 6. The standard InChI is InChI=1S/C19H17Cl2F2N5O3S/c20-10-3-2-9(6-11(10)21)25-14(29)7-32-19-27-16(24)15(18(31)28-19)26-17(30)8-1-4-12(22)13(23)5-8/h1-6,15-16,19,27H,7,24H2,(H,25,29)(H,26,30)(H,28,31). The number of amides is 3. The predicted molar refractivity (Wildman–Crippen MR) is 118 cm³/mol. The number of hydrogen-bond donors (Lipinski definition) is 5. The SMILES string of the molecule is NC1NC(SCC(=O)Nc2ccc(Cl)c(Cl)c2)NC(=O)C1NC(=O)c1ccc(F)c(F)c1. The lowest BCUT2D eigenvalue weighted by Gasteiger charge is -2.35. The van der Waals surface area contributed by atoms with E-state index in [4.69, 9.17) is 28.9 Å². The minimum absolute atomic E-state index is 0.0310. The van der Waals surface area contributed by atoms with Gasteiger partial charge in [-0.15, -0.1) is 11.8 Å². The van der Waals surface area contributed by atoms with Crippen LogP contribution >= 0.6 is 35.0 Å². The molecule has 2 aromatic rings. The fourth-order valence-electron chi connectivity index (χ4n) is 2.73. The van der Waals surface area contributed by atoms with E-state index in [1.165, 1.54) is 6.07 Å². The third-order valence-corrected chi connectivity index (χ3v) is 6.07. The van der Waals surface area contributed by atoms with E-state index in [2.05, 4.69) is 21.3 Å². The first-order valence-corrected chi connectivity index (χ1v) is 10.9. The molecule has 8 nitrogen and oxygen atoms in total. The van der Waals surface area contributed by atoms with E-state index in [9.17, 15) is 23.2 Å². The Labute approximate surface area is 195 Å². The van der Waals surface area contributed by atoms with Gasteiger partial charge in [0.15, 0.2) is 11.6 Å². The maximum Gasteiger partial charge on any atom is 0.252 e. The molecular formula is C19H17Cl2F2N5O3S. The monoisotopic (exact) mass is 503 g/mol. The van der Waals surface area contributed by atoms with E-state index < -0.39 is 41.2 Å². The van der Waals surface area contributed by atoms with Gasteiger partial charge < -0.3 is 21.7 Å². The van der Waals surface area contributed by atoms with Crippen LogP contribution in [-0.4, -0.2) is 41.2 Å². The van der Waals surface area contributed by atoms with Gasteiger partial charge in [0.1, 0.15) is 11.5 Å². The van der Waals surface area contributed by atoms with Gasteiger partial charge in [-0.25, -0.2) is 8.78 Å². The highest BCUT2D eigenvalue weighted by molar-refractivity contribution is 8.00. The van der Waals surface area contributed by atoms with Crippen LogP contribution < -0.4 is 27.0 Å². The average Bonchev–Trinajstić information content (AvgIpc) is 2.73. The van der Waals surface area contributed by atoms with E-state index in [1.807, 2.05) is 0 Å². The zero-order valence-corrected chi connectivity index (χ0v) is 18.5. The molecule has 1 aliphatic rings. The van der Waals surface area contributed by atoms with Gasteiger partial charge in [-0.05, 0) is 36.4 Å². The van der Waals surface area contributed by atoms with E-state index in [-0.39, 0.29) is 17.2 Å². The molecule has 3 unspecified atom stereocenters. The number of nitrogens with two attached hydrogens (primary N) is 1. The largest absolute Gasteiger partial charge is 0.338 e. The van der Waals surface area contributed by atoms with Crippen LogP contribution in [0.5, 0.6) is 0 Å². The Balaban J connectivity index is 1.51. The molecule has 3 atom stereocenters. The number of carbonyl (C=O) groups is 3.